The first-order chi connectivity index (χ1) is 11.6. The Morgan fingerprint density at radius 1 is 1.28 bits per heavy atom. The van der Waals surface area contributed by atoms with E-state index in [1.165, 1.54) is 19.2 Å². The van der Waals surface area contributed by atoms with E-state index in [9.17, 15) is 19.7 Å². The molecule has 0 saturated carbocycles. The van der Waals surface area contributed by atoms with E-state index in [2.05, 4.69) is 21.9 Å². The summed E-state index contributed by atoms with van der Waals surface area (Å²) in [6, 6.07) is 3.80. The van der Waals surface area contributed by atoms with E-state index in [4.69, 9.17) is 4.74 Å². The lowest BCUT2D eigenvalue weighted by Gasteiger charge is -2.19. The monoisotopic (exact) mass is 348 g/mol. The smallest absolute Gasteiger partial charge is 0.407 e. The normalized spacial score (nSPS) is 10.2. The zero-order valence-electron chi connectivity index (χ0n) is 14.5. The average molecular weight is 348 g/mol. The number of esters is 1. The van der Waals surface area contributed by atoms with Gasteiger partial charge in [-0.2, -0.15) is 0 Å². The van der Waals surface area contributed by atoms with Crippen molar-refractivity contribution < 1.29 is 24.0 Å². The van der Waals surface area contributed by atoms with Crippen LogP contribution in [0.25, 0.3) is 0 Å². The molecule has 0 saturated heterocycles. The molecule has 0 aliphatic heterocycles. The minimum atomic E-state index is -0.682. The Hall–Kier alpha value is -3.08. The zero-order chi connectivity index (χ0) is 19.0. The van der Waals surface area contributed by atoms with Crippen LogP contribution in [0, 0.1) is 22.0 Å². The number of methoxy groups -OCH3 is 1. The molecule has 8 heteroatoms. The molecule has 134 valence electrons. The maximum absolute atomic E-state index is 11.6. The van der Waals surface area contributed by atoms with Crippen molar-refractivity contribution in [3.8, 4) is 11.8 Å². The number of ether oxygens (including phenoxy) is 2. The molecule has 8 nitrogen and oxygen atoms in total. The number of carbonyl (C=O) groups is 2. The highest BCUT2D eigenvalue weighted by atomic mass is 16.6. The predicted octanol–water partition coefficient (Wildman–Crippen LogP) is 2.65. The summed E-state index contributed by atoms with van der Waals surface area (Å²) in [7, 11) is 1.19. The van der Waals surface area contributed by atoms with E-state index < -0.39 is 22.6 Å². The van der Waals surface area contributed by atoms with E-state index in [0.717, 1.165) is 6.07 Å². The number of nitrogens with zero attached hydrogens (tertiary/aromatic N) is 1. The van der Waals surface area contributed by atoms with Crippen molar-refractivity contribution in [2.24, 2.45) is 0 Å². The number of hydrogen-bond acceptors (Lipinski definition) is 6. The molecule has 1 aromatic carbocycles. The van der Waals surface area contributed by atoms with Gasteiger partial charge in [-0.1, -0.05) is 11.8 Å². The molecule has 0 atom stereocenters. The van der Waals surface area contributed by atoms with Gasteiger partial charge in [-0.3, -0.25) is 10.1 Å². The summed E-state index contributed by atoms with van der Waals surface area (Å²) < 4.78 is 9.64. The van der Waals surface area contributed by atoms with Crippen LogP contribution in [-0.2, 0) is 9.47 Å². The first-order valence-electron chi connectivity index (χ1n) is 7.46. The van der Waals surface area contributed by atoms with E-state index in [-0.39, 0.29) is 17.8 Å². The Labute approximate surface area is 145 Å². The molecule has 1 rings (SSSR count). The van der Waals surface area contributed by atoms with Crippen molar-refractivity contribution in [3.05, 3.63) is 39.4 Å². The van der Waals surface area contributed by atoms with Crippen molar-refractivity contribution in [1.29, 1.82) is 0 Å². The Morgan fingerprint density at radius 3 is 2.52 bits per heavy atom. The average Bonchev–Trinajstić information content (AvgIpc) is 2.51. The van der Waals surface area contributed by atoms with Crippen LogP contribution in [0.4, 0.5) is 10.5 Å². The number of benzene rings is 1. The molecule has 1 amide bonds. The molecule has 0 aliphatic rings. The third-order valence-electron chi connectivity index (χ3n) is 2.70. The van der Waals surface area contributed by atoms with Gasteiger partial charge < -0.3 is 14.8 Å². The number of carbonyl (C=O) groups excluding carboxylic acids is 2. The number of hydrogen-bond donors (Lipinski definition) is 1. The van der Waals surface area contributed by atoms with E-state index in [0.29, 0.717) is 12.0 Å². The van der Waals surface area contributed by atoms with Gasteiger partial charge in [0.15, 0.2) is 0 Å². The van der Waals surface area contributed by atoms with Gasteiger partial charge in [-0.05, 0) is 26.8 Å². The van der Waals surface area contributed by atoms with Crippen LogP contribution in [-0.4, -0.2) is 36.2 Å². The molecule has 1 N–H and O–H groups in total. The van der Waals surface area contributed by atoms with Gasteiger partial charge in [0.25, 0.3) is 5.69 Å². The number of alkyl carbamates (subject to hydrolysis) is 1. The fraction of sp³-hybridized carbons (Fsp3) is 0.412. The van der Waals surface area contributed by atoms with Gasteiger partial charge in [0.05, 0.1) is 17.6 Å². The van der Waals surface area contributed by atoms with Crippen LogP contribution in [0.2, 0.25) is 0 Å². The first kappa shape index (κ1) is 20.0. The quantitative estimate of drug-likeness (QED) is 0.295. The first-order valence-corrected chi connectivity index (χ1v) is 7.46. The zero-order valence-corrected chi connectivity index (χ0v) is 14.5. The summed E-state index contributed by atoms with van der Waals surface area (Å²) in [6.07, 6.45) is -0.229. The molecule has 0 heterocycles. The standard InChI is InChI=1S/C17H20N2O6/c1-17(2,3)25-16(21)18-8-6-5-7-12-9-13(15(20)24-4)11-14(10-12)19(22)23/h9-11H,6,8H2,1-4H3,(H,18,21). The Morgan fingerprint density at radius 2 is 1.96 bits per heavy atom. The van der Waals surface area contributed by atoms with Gasteiger partial charge in [0.1, 0.15) is 5.60 Å². The molecular weight excluding hydrogens is 328 g/mol. The SMILES string of the molecule is COC(=O)c1cc(C#CCCNC(=O)OC(C)(C)C)cc([N+](=O)[O-])c1. The van der Waals surface area contributed by atoms with Gasteiger partial charge in [0.2, 0.25) is 0 Å². The Bertz CT molecular complexity index is 725. The lowest BCUT2D eigenvalue weighted by molar-refractivity contribution is -0.384. The van der Waals surface area contributed by atoms with Crippen molar-refractivity contribution in [2.75, 3.05) is 13.7 Å². The van der Waals surface area contributed by atoms with Crippen LogP contribution in [0.3, 0.4) is 0 Å². The molecule has 0 radical (unpaired) electrons. The molecule has 25 heavy (non-hydrogen) atoms. The number of nitro benzene ring substituents is 1. The van der Waals surface area contributed by atoms with E-state index >= 15 is 0 Å². The molecule has 0 unspecified atom stereocenters. The van der Waals surface area contributed by atoms with Gasteiger partial charge in [-0.15, -0.1) is 0 Å². The molecular formula is C17H20N2O6. The summed E-state index contributed by atoms with van der Waals surface area (Å²) in [6.45, 7) is 5.54. The van der Waals surface area contributed by atoms with Gasteiger partial charge in [-0.25, -0.2) is 9.59 Å². The molecule has 0 fully saturated rings. The number of non-ortho nitro benzene ring substituents is 1. The predicted molar refractivity (Wildman–Crippen MR) is 90.2 cm³/mol. The van der Waals surface area contributed by atoms with Crippen LogP contribution < -0.4 is 5.32 Å². The Kier molecular flexibility index (Phi) is 6.93. The maximum atomic E-state index is 11.6. The second-order valence-electron chi connectivity index (χ2n) is 6.00. The number of rotatable bonds is 4. The van der Waals surface area contributed by atoms with Crippen molar-refractivity contribution in [2.45, 2.75) is 32.8 Å². The van der Waals surface area contributed by atoms with Crippen LogP contribution in [0.1, 0.15) is 43.1 Å². The third-order valence-corrected chi connectivity index (χ3v) is 2.70. The topological polar surface area (TPSA) is 108 Å². The lowest BCUT2D eigenvalue weighted by atomic mass is 10.1. The van der Waals surface area contributed by atoms with Crippen molar-refractivity contribution >= 4 is 17.7 Å². The second-order valence-corrected chi connectivity index (χ2v) is 6.00. The fourth-order valence-electron chi connectivity index (χ4n) is 1.73. The number of amides is 1. The lowest BCUT2D eigenvalue weighted by Crippen LogP contribution is -2.32. The number of nitro groups is 1. The summed E-state index contributed by atoms with van der Waals surface area (Å²) in [4.78, 5) is 33.3. The van der Waals surface area contributed by atoms with E-state index in [1.807, 2.05) is 0 Å². The summed E-state index contributed by atoms with van der Waals surface area (Å²) in [5.41, 5.74) is -0.470. The van der Waals surface area contributed by atoms with Gasteiger partial charge in [0, 0.05) is 30.7 Å². The molecule has 0 aliphatic carbocycles. The minimum absolute atomic E-state index is 0.0490. The maximum Gasteiger partial charge on any atom is 0.407 e. The fourth-order valence-corrected chi connectivity index (χ4v) is 1.73. The van der Waals surface area contributed by atoms with Crippen molar-refractivity contribution in [3.63, 3.8) is 0 Å². The highest BCUT2D eigenvalue weighted by molar-refractivity contribution is 5.90. The minimum Gasteiger partial charge on any atom is -0.465 e. The molecule has 0 bridgehead atoms. The molecule has 1 aromatic rings. The summed E-state index contributed by atoms with van der Waals surface area (Å²) in [5.74, 6) is 4.82. The second kappa shape index (κ2) is 8.68. The highest BCUT2D eigenvalue weighted by Crippen LogP contribution is 2.17. The summed E-state index contributed by atoms with van der Waals surface area (Å²) in [5, 5.41) is 13.5. The van der Waals surface area contributed by atoms with Crippen LogP contribution in [0.15, 0.2) is 18.2 Å². The number of nitrogens with one attached hydrogen (secondary N) is 1. The van der Waals surface area contributed by atoms with E-state index in [1.54, 1.807) is 20.8 Å². The molecule has 0 aromatic heterocycles. The van der Waals surface area contributed by atoms with Crippen LogP contribution >= 0.6 is 0 Å². The Balaban J connectivity index is 2.72. The molecule has 0 spiro atoms. The summed E-state index contributed by atoms with van der Waals surface area (Å²) >= 11 is 0. The van der Waals surface area contributed by atoms with Gasteiger partial charge >= 0.3 is 12.1 Å². The third kappa shape index (κ3) is 7.35. The van der Waals surface area contributed by atoms with Crippen LogP contribution in [0.5, 0.6) is 0 Å². The van der Waals surface area contributed by atoms with Crippen molar-refractivity contribution in [1.82, 2.24) is 5.32 Å². The largest absolute Gasteiger partial charge is 0.465 e. The highest BCUT2D eigenvalue weighted by Gasteiger charge is 2.15.